The van der Waals surface area contributed by atoms with Gasteiger partial charge in [-0.15, -0.1) is 0 Å². The number of primary amides is 1. The number of halogens is 3. The van der Waals surface area contributed by atoms with E-state index in [1.807, 2.05) is 0 Å². The van der Waals surface area contributed by atoms with Gasteiger partial charge < -0.3 is 11.5 Å². The van der Waals surface area contributed by atoms with Crippen LogP contribution in [0.3, 0.4) is 0 Å². The Morgan fingerprint density at radius 1 is 1.57 bits per heavy atom. The lowest BCUT2D eigenvalue weighted by molar-refractivity contribution is 0.0986. The summed E-state index contributed by atoms with van der Waals surface area (Å²) < 4.78 is 24.8. The highest BCUT2D eigenvalue weighted by Crippen LogP contribution is 2.28. The number of alkyl halides is 2. The zero-order valence-corrected chi connectivity index (χ0v) is 7.55. The number of anilines is 1. The first-order chi connectivity index (χ1) is 6.43. The number of rotatable bonds is 2. The SMILES string of the molecule is NC(=O)c1cc(Cl)nc(N)c1C(F)F. The molecule has 1 aromatic heterocycles. The minimum atomic E-state index is -2.91. The van der Waals surface area contributed by atoms with Crippen LogP contribution in [0.1, 0.15) is 22.3 Å². The lowest BCUT2D eigenvalue weighted by atomic mass is 10.1. The number of hydrogen-bond donors (Lipinski definition) is 2. The summed E-state index contributed by atoms with van der Waals surface area (Å²) in [5.74, 6) is -1.50. The molecule has 0 saturated carbocycles. The first-order valence-corrected chi connectivity index (χ1v) is 3.85. The van der Waals surface area contributed by atoms with Crippen molar-refractivity contribution in [2.45, 2.75) is 6.43 Å². The van der Waals surface area contributed by atoms with Crippen molar-refractivity contribution >= 4 is 23.3 Å². The van der Waals surface area contributed by atoms with Gasteiger partial charge in [0, 0.05) is 0 Å². The average Bonchev–Trinajstić information content (AvgIpc) is 2.01. The Kier molecular flexibility index (Phi) is 2.85. The normalized spacial score (nSPS) is 10.6. The monoisotopic (exact) mass is 221 g/mol. The van der Waals surface area contributed by atoms with Crippen LogP contribution in [0.25, 0.3) is 0 Å². The topological polar surface area (TPSA) is 82.0 Å². The van der Waals surface area contributed by atoms with E-state index in [4.69, 9.17) is 23.1 Å². The maximum absolute atomic E-state index is 12.4. The molecule has 0 fully saturated rings. The summed E-state index contributed by atoms with van der Waals surface area (Å²) in [7, 11) is 0. The van der Waals surface area contributed by atoms with Crippen LogP contribution in [-0.4, -0.2) is 10.9 Å². The van der Waals surface area contributed by atoms with Gasteiger partial charge in [-0.25, -0.2) is 13.8 Å². The van der Waals surface area contributed by atoms with Crippen molar-refractivity contribution in [1.29, 1.82) is 0 Å². The van der Waals surface area contributed by atoms with Crippen LogP contribution in [0.4, 0.5) is 14.6 Å². The van der Waals surface area contributed by atoms with Gasteiger partial charge in [0.2, 0.25) is 5.91 Å². The molecule has 0 atom stereocenters. The molecule has 0 aliphatic carbocycles. The zero-order chi connectivity index (χ0) is 10.9. The van der Waals surface area contributed by atoms with Crippen molar-refractivity contribution in [3.63, 3.8) is 0 Å². The third-order valence-electron chi connectivity index (χ3n) is 1.54. The molecule has 1 amide bonds. The highest BCUT2D eigenvalue weighted by atomic mass is 35.5. The standard InChI is InChI=1S/C7H6ClF2N3O/c8-3-1-2(7(12)14)4(5(9)10)6(11)13-3/h1,5H,(H2,11,13)(H2,12,14). The molecule has 0 aromatic carbocycles. The molecule has 0 saturated heterocycles. The summed E-state index contributed by atoms with van der Waals surface area (Å²) in [5.41, 5.74) is 8.97. The number of amides is 1. The third-order valence-corrected chi connectivity index (χ3v) is 1.73. The predicted molar refractivity (Wildman–Crippen MR) is 47.1 cm³/mol. The van der Waals surface area contributed by atoms with Crippen molar-refractivity contribution < 1.29 is 13.6 Å². The fraction of sp³-hybridized carbons (Fsp3) is 0.143. The molecule has 0 bridgehead atoms. The molecule has 1 rings (SSSR count). The quantitative estimate of drug-likeness (QED) is 0.740. The summed E-state index contributed by atoms with van der Waals surface area (Å²) >= 11 is 5.43. The summed E-state index contributed by atoms with van der Waals surface area (Å²) in [4.78, 5) is 14.2. The Hall–Kier alpha value is -1.43. The second-order valence-corrected chi connectivity index (χ2v) is 2.84. The number of nitrogens with zero attached hydrogens (tertiary/aromatic N) is 1. The van der Waals surface area contributed by atoms with Crippen LogP contribution in [0.5, 0.6) is 0 Å². The van der Waals surface area contributed by atoms with Gasteiger partial charge in [-0.2, -0.15) is 0 Å². The van der Waals surface area contributed by atoms with Crippen LogP contribution in [-0.2, 0) is 0 Å². The molecule has 0 unspecified atom stereocenters. The molecule has 7 heteroatoms. The van der Waals surface area contributed by atoms with Crippen LogP contribution in [0.15, 0.2) is 6.07 Å². The molecule has 1 heterocycles. The molecule has 4 nitrogen and oxygen atoms in total. The van der Waals surface area contributed by atoms with Crippen molar-refractivity contribution in [1.82, 2.24) is 4.98 Å². The maximum atomic E-state index is 12.4. The van der Waals surface area contributed by atoms with Crippen LogP contribution in [0, 0.1) is 0 Å². The van der Waals surface area contributed by atoms with Crippen LogP contribution >= 0.6 is 11.6 Å². The molecule has 14 heavy (non-hydrogen) atoms. The number of carbonyl (C=O) groups is 1. The van der Waals surface area contributed by atoms with Crippen molar-refractivity contribution in [3.05, 3.63) is 22.3 Å². The third kappa shape index (κ3) is 1.90. The molecular weight excluding hydrogens is 216 g/mol. The second kappa shape index (κ2) is 3.75. The fourth-order valence-electron chi connectivity index (χ4n) is 0.976. The van der Waals surface area contributed by atoms with E-state index >= 15 is 0 Å². The number of carbonyl (C=O) groups excluding carboxylic acids is 1. The molecule has 0 spiro atoms. The second-order valence-electron chi connectivity index (χ2n) is 2.46. The van der Waals surface area contributed by atoms with Gasteiger partial charge >= 0.3 is 0 Å². The van der Waals surface area contributed by atoms with Gasteiger partial charge in [0.1, 0.15) is 11.0 Å². The van der Waals surface area contributed by atoms with E-state index in [9.17, 15) is 13.6 Å². The van der Waals surface area contributed by atoms with Crippen molar-refractivity contribution in [2.75, 3.05) is 5.73 Å². The molecule has 76 valence electrons. The molecular formula is C7H6ClF2N3O. The van der Waals surface area contributed by atoms with E-state index in [1.54, 1.807) is 0 Å². The summed E-state index contributed by atoms with van der Waals surface area (Å²) in [6.07, 6.45) is -2.91. The van der Waals surface area contributed by atoms with Gasteiger partial charge in [-0.1, -0.05) is 11.6 Å². The Labute approximate surface area is 82.9 Å². The van der Waals surface area contributed by atoms with Crippen molar-refractivity contribution in [2.24, 2.45) is 5.73 Å². The number of pyridine rings is 1. The predicted octanol–water partition coefficient (Wildman–Crippen LogP) is 1.35. The smallest absolute Gasteiger partial charge is 0.268 e. The van der Waals surface area contributed by atoms with E-state index in [1.165, 1.54) is 0 Å². The van der Waals surface area contributed by atoms with E-state index in [-0.39, 0.29) is 5.15 Å². The average molecular weight is 222 g/mol. The van der Waals surface area contributed by atoms with Gasteiger partial charge in [0.15, 0.2) is 0 Å². The minimum Gasteiger partial charge on any atom is -0.383 e. The Morgan fingerprint density at radius 2 is 2.14 bits per heavy atom. The molecule has 0 aliphatic heterocycles. The number of hydrogen-bond acceptors (Lipinski definition) is 3. The van der Waals surface area contributed by atoms with Crippen molar-refractivity contribution in [3.8, 4) is 0 Å². The molecule has 1 aromatic rings. The summed E-state index contributed by atoms with van der Waals surface area (Å²) in [6, 6.07) is 0.960. The van der Waals surface area contributed by atoms with E-state index < -0.39 is 29.3 Å². The fourth-order valence-corrected chi connectivity index (χ4v) is 1.18. The largest absolute Gasteiger partial charge is 0.383 e. The van der Waals surface area contributed by atoms with Gasteiger partial charge in [0.05, 0.1) is 11.1 Å². The number of nitrogens with two attached hydrogens (primary N) is 2. The zero-order valence-electron chi connectivity index (χ0n) is 6.80. The lowest BCUT2D eigenvalue weighted by Gasteiger charge is -2.08. The Morgan fingerprint density at radius 3 is 2.57 bits per heavy atom. The van der Waals surface area contributed by atoms with Gasteiger partial charge in [-0.05, 0) is 6.07 Å². The number of aromatic nitrogens is 1. The Bertz CT molecular complexity index is 383. The van der Waals surface area contributed by atoms with Crippen LogP contribution in [0.2, 0.25) is 5.15 Å². The van der Waals surface area contributed by atoms with Crippen LogP contribution < -0.4 is 11.5 Å². The molecule has 4 N–H and O–H groups in total. The van der Waals surface area contributed by atoms with E-state index in [0.29, 0.717) is 0 Å². The van der Waals surface area contributed by atoms with Gasteiger partial charge in [-0.3, -0.25) is 4.79 Å². The highest BCUT2D eigenvalue weighted by Gasteiger charge is 2.21. The first-order valence-electron chi connectivity index (χ1n) is 3.47. The maximum Gasteiger partial charge on any atom is 0.268 e. The number of nitrogen functional groups attached to an aromatic ring is 1. The highest BCUT2D eigenvalue weighted by molar-refractivity contribution is 6.30. The van der Waals surface area contributed by atoms with Gasteiger partial charge in [0.25, 0.3) is 6.43 Å². The van der Waals surface area contributed by atoms with E-state index in [0.717, 1.165) is 6.07 Å². The summed E-state index contributed by atoms with van der Waals surface area (Å²) in [6.45, 7) is 0. The van der Waals surface area contributed by atoms with E-state index in [2.05, 4.69) is 4.98 Å². The lowest BCUT2D eigenvalue weighted by Crippen LogP contribution is -2.16. The first kappa shape index (κ1) is 10.6. The Balaban J connectivity index is 3.44. The minimum absolute atomic E-state index is 0.152. The molecule has 0 radical (unpaired) electrons. The summed E-state index contributed by atoms with van der Waals surface area (Å²) in [5, 5.41) is -0.152. The molecule has 0 aliphatic rings.